The van der Waals surface area contributed by atoms with E-state index in [0.29, 0.717) is 13.1 Å². The lowest BCUT2D eigenvalue weighted by atomic mass is 10.0. The minimum Gasteiger partial charge on any atom is -0.478 e. The SMILES string of the molecule is O=C(O)c1cnn(C2CCCN(C(=O)Cc3ccc(F)cc3)C2)c1. The minimum atomic E-state index is -1.01. The molecule has 3 rings (SSSR count). The maximum Gasteiger partial charge on any atom is 0.338 e. The molecule has 1 aliphatic rings. The van der Waals surface area contributed by atoms with E-state index in [1.54, 1.807) is 21.7 Å². The Balaban J connectivity index is 1.64. The minimum absolute atomic E-state index is 0.0167. The number of rotatable bonds is 4. The zero-order valence-corrected chi connectivity index (χ0v) is 13.1. The van der Waals surface area contributed by atoms with Crippen molar-refractivity contribution in [2.24, 2.45) is 0 Å². The fraction of sp³-hybridized carbons (Fsp3) is 0.353. The molecule has 1 unspecified atom stereocenters. The Kier molecular flexibility index (Phi) is 4.59. The van der Waals surface area contributed by atoms with Crippen molar-refractivity contribution in [3.8, 4) is 0 Å². The molecule has 6 nitrogen and oxygen atoms in total. The van der Waals surface area contributed by atoms with E-state index in [1.165, 1.54) is 24.5 Å². The van der Waals surface area contributed by atoms with E-state index in [-0.39, 0.29) is 29.8 Å². The van der Waals surface area contributed by atoms with E-state index in [9.17, 15) is 14.0 Å². The Bertz CT molecular complexity index is 742. The molecule has 7 heteroatoms. The molecule has 1 saturated heterocycles. The number of carboxylic acid groups (broad SMARTS) is 1. The zero-order valence-electron chi connectivity index (χ0n) is 13.1. The van der Waals surface area contributed by atoms with Crippen LogP contribution < -0.4 is 0 Å². The molecule has 1 aromatic carbocycles. The third-order valence-corrected chi connectivity index (χ3v) is 4.24. The highest BCUT2D eigenvalue weighted by molar-refractivity contribution is 5.86. The van der Waals surface area contributed by atoms with Gasteiger partial charge in [-0.3, -0.25) is 9.48 Å². The number of piperidine rings is 1. The van der Waals surface area contributed by atoms with Crippen molar-refractivity contribution in [2.75, 3.05) is 13.1 Å². The van der Waals surface area contributed by atoms with Crippen LogP contribution in [0.3, 0.4) is 0 Å². The summed E-state index contributed by atoms with van der Waals surface area (Å²) in [4.78, 5) is 25.2. The standard InChI is InChI=1S/C17H18FN3O3/c18-14-5-3-12(4-6-14)8-16(22)20-7-1-2-15(11-20)21-10-13(9-19-21)17(23)24/h3-6,9-10,15H,1-2,7-8,11H2,(H,23,24). The van der Waals surface area contributed by atoms with Gasteiger partial charge in [0.15, 0.2) is 0 Å². The monoisotopic (exact) mass is 331 g/mol. The van der Waals surface area contributed by atoms with Gasteiger partial charge < -0.3 is 10.0 Å². The molecule has 1 aromatic heterocycles. The Morgan fingerprint density at radius 3 is 2.71 bits per heavy atom. The van der Waals surface area contributed by atoms with Crippen molar-refractivity contribution in [3.05, 3.63) is 53.6 Å². The first-order valence-electron chi connectivity index (χ1n) is 7.82. The highest BCUT2D eigenvalue weighted by atomic mass is 19.1. The summed E-state index contributed by atoms with van der Waals surface area (Å²) in [6.07, 6.45) is 4.73. The number of aromatic nitrogens is 2. The van der Waals surface area contributed by atoms with Crippen molar-refractivity contribution in [3.63, 3.8) is 0 Å². The first kappa shape index (κ1) is 16.2. The number of hydrogen-bond donors (Lipinski definition) is 1. The van der Waals surface area contributed by atoms with Crippen LogP contribution in [-0.4, -0.2) is 44.8 Å². The van der Waals surface area contributed by atoms with E-state index in [2.05, 4.69) is 5.10 Å². The number of carbonyl (C=O) groups excluding carboxylic acids is 1. The summed E-state index contributed by atoms with van der Waals surface area (Å²) in [5.41, 5.74) is 0.917. The van der Waals surface area contributed by atoms with Gasteiger partial charge in [-0.1, -0.05) is 12.1 Å². The highest BCUT2D eigenvalue weighted by Crippen LogP contribution is 2.22. The van der Waals surface area contributed by atoms with Crippen molar-refractivity contribution in [2.45, 2.75) is 25.3 Å². The van der Waals surface area contributed by atoms with Gasteiger partial charge in [0.05, 0.1) is 24.2 Å². The van der Waals surface area contributed by atoms with Crippen LogP contribution in [0.25, 0.3) is 0 Å². The fourth-order valence-corrected chi connectivity index (χ4v) is 2.93. The van der Waals surface area contributed by atoms with E-state index in [0.717, 1.165) is 18.4 Å². The summed E-state index contributed by atoms with van der Waals surface area (Å²) >= 11 is 0. The first-order valence-corrected chi connectivity index (χ1v) is 7.82. The van der Waals surface area contributed by atoms with E-state index in [1.807, 2.05) is 0 Å². The van der Waals surface area contributed by atoms with Gasteiger partial charge in [0.2, 0.25) is 5.91 Å². The average molecular weight is 331 g/mol. The summed E-state index contributed by atoms with van der Waals surface area (Å²) in [6, 6.07) is 5.89. The fourth-order valence-electron chi connectivity index (χ4n) is 2.93. The molecule has 1 atom stereocenters. The molecule has 1 amide bonds. The number of carbonyl (C=O) groups is 2. The Morgan fingerprint density at radius 2 is 2.04 bits per heavy atom. The molecular formula is C17H18FN3O3. The van der Waals surface area contributed by atoms with Crippen LogP contribution in [0.4, 0.5) is 4.39 Å². The number of nitrogens with zero attached hydrogens (tertiary/aromatic N) is 3. The quantitative estimate of drug-likeness (QED) is 0.931. The number of benzene rings is 1. The Labute approximate surface area is 138 Å². The third kappa shape index (κ3) is 3.61. The topological polar surface area (TPSA) is 75.4 Å². The molecule has 0 radical (unpaired) electrons. The van der Waals surface area contributed by atoms with E-state index >= 15 is 0 Å². The lowest BCUT2D eigenvalue weighted by molar-refractivity contribution is -0.132. The predicted molar refractivity (Wildman–Crippen MR) is 84.1 cm³/mol. The summed E-state index contributed by atoms with van der Waals surface area (Å²) in [5.74, 6) is -1.35. The number of amides is 1. The summed E-state index contributed by atoms with van der Waals surface area (Å²) in [7, 11) is 0. The normalized spacial score (nSPS) is 17.7. The number of halogens is 1. The largest absolute Gasteiger partial charge is 0.478 e. The van der Waals surface area contributed by atoms with Gasteiger partial charge in [-0.2, -0.15) is 5.10 Å². The number of likely N-dealkylation sites (tertiary alicyclic amines) is 1. The molecule has 0 saturated carbocycles. The first-order chi connectivity index (χ1) is 11.5. The molecule has 2 aromatic rings. The van der Waals surface area contributed by atoms with E-state index < -0.39 is 5.97 Å². The summed E-state index contributed by atoms with van der Waals surface area (Å²) < 4.78 is 14.6. The van der Waals surface area contributed by atoms with E-state index in [4.69, 9.17) is 5.11 Å². The van der Waals surface area contributed by atoms with Crippen LogP contribution in [0.2, 0.25) is 0 Å². The lowest BCUT2D eigenvalue weighted by Gasteiger charge is -2.33. The summed E-state index contributed by atoms with van der Waals surface area (Å²) in [6.45, 7) is 1.17. The Hall–Kier alpha value is -2.70. The van der Waals surface area contributed by atoms with Crippen LogP contribution in [0.15, 0.2) is 36.7 Å². The predicted octanol–water partition coefficient (Wildman–Crippen LogP) is 2.13. The molecule has 1 fully saturated rings. The van der Waals surface area contributed by atoms with Gasteiger partial charge in [-0.25, -0.2) is 9.18 Å². The second-order valence-corrected chi connectivity index (χ2v) is 5.95. The van der Waals surface area contributed by atoms with Crippen LogP contribution in [0.1, 0.15) is 34.8 Å². The average Bonchev–Trinajstić information content (AvgIpc) is 3.07. The number of aromatic carboxylic acids is 1. The lowest BCUT2D eigenvalue weighted by Crippen LogP contribution is -2.41. The number of hydrogen-bond acceptors (Lipinski definition) is 3. The molecule has 0 bridgehead atoms. The smallest absolute Gasteiger partial charge is 0.338 e. The van der Waals surface area contributed by atoms with Gasteiger partial charge >= 0.3 is 5.97 Å². The maximum atomic E-state index is 12.9. The molecule has 0 spiro atoms. The van der Waals surface area contributed by atoms with Gasteiger partial charge in [-0.15, -0.1) is 0 Å². The van der Waals surface area contributed by atoms with Gasteiger partial charge in [-0.05, 0) is 30.5 Å². The second kappa shape index (κ2) is 6.82. The van der Waals surface area contributed by atoms with Gasteiger partial charge in [0.1, 0.15) is 5.82 Å². The van der Waals surface area contributed by atoms with Gasteiger partial charge in [0.25, 0.3) is 0 Å². The van der Waals surface area contributed by atoms with Crippen LogP contribution in [0, 0.1) is 5.82 Å². The molecule has 1 aliphatic heterocycles. The molecular weight excluding hydrogens is 313 g/mol. The van der Waals surface area contributed by atoms with Gasteiger partial charge in [0, 0.05) is 19.3 Å². The zero-order chi connectivity index (χ0) is 17.1. The molecule has 126 valence electrons. The van der Waals surface area contributed by atoms with Crippen molar-refractivity contribution in [1.82, 2.24) is 14.7 Å². The van der Waals surface area contributed by atoms with Crippen molar-refractivity contribution in [1.29, 1.82) is 0 Å². The second-order valence-electron chi connectivity index (χ2n) is 5.95. The highest BCUT2D eigenvalue weighted by Gasteiger charge is 2.25. The Morgan fingerprint density at radius 1 is 1.29 bits per heavy atom. The van der Waals surface area contributed by atoms with Crippen molar-refractivity contribution < 1.29 is 19.1 Å². The van der Waals surface area contributed by atoms with Crippen LogP contribution >= 0.6 is 0 Å². The molecule has 2 heterocycles. The molecule has 1 N–H and O–H groups in total. The summed E-state index contributed by atoms with van der Waals surface area (Å²) in [5, 5.41) is 13.1. The number of carboxylic acids is 1. The van der Waals surface area contributed by atoms with Crippen LogP contribution in [-0.2, 0) is 11.2 Å². The van der Waals surface area contributed by atoms with Crippen LogP contribution in [0.5, 0.6) is 0 Å². The maximum absolute atomic E-state index is 12.9. The third-order valence-electron chi connectivity index (χ3n) is 4.24. The van der Waals surface area contributed by atoms with Crippen molar-refractivity contribution >= 4 is 11.9 Å². The molecule has 0 aliphatic carbocycles. The molecule has 24 heavy (non-hydrogen) atoms.